The standard InChI is InChI=1S/C17H21N3O/c1-14(20-10-5-9-18-20)17(21)19-11-8-16(13-19)12-15-6-3-2-4-7-15/h2-7,9-10,14,16H,8,11-13H2,1H3/t14-,16-/m1/s1. The monoisotopic (exact) mass is 283 g/mol. The highest BCUT2D eigenvalue weighted by atomic mass is 16.2. The Hall–Kier alpha value is -2.10. The van der Waals surface area contributed by atoms with Gasteiger partial charge in [-0.25, -0.2) is 0 Å². The van der Waals surface area contributed by atoms with Crippen LogP contribution in [0.4, 0.5) is 0 Å². The summed E-state index contributed by atoms with van der Waals surface area (Å²) in [6, 6.07) is 12.2. The molecule has 0 unspecified atom stereocenters. The van der Waals surface area contributed by atoms with E-state index in [0.29, 0.717) is 5.92 Å². The average molecular weight is 283 g/mol. The van der Waals surface area contributed by atoms with Gasteiger partial charge in [0.1, 0.15) is 6.04 Å². The molecule has 4 nitrogen and oxygen atoms in total. The molecule has 0 aliphatic carbocycles. The van der Waals surface area contributed by atoms with Crippen molar-refractivity contribution in [3.63, 3.8) is 0 Å². The Morgan fingerprint density at radius 1 is 1.33 bits per heavy atom. The summed E-state index contributed by atoms with van der Waals surface area (Å²) in [7, 11) is 0. The summed E-state index contributed by atoms with van der Waals surface area (Å²) in [5.74, 6) is 0.746. The van der Waals surface area contributed by atoms with Crippen molar-refractivity contribution in [2.24, 2.45) is 5.92 Å². The lowest BCUT2D eigenvalue weighted by Gasteiger charge is -2.21. The van der Waals surface area contributed by atoms with Crippen LogP contribution in [0.2, 0.25) is 0 Å². The third-order valence-electron chi connectivity index (χ3n) is 4.24. The molecule has 4 heteroatoms. The molecule has 0 saturated carbocycles. The third kappa shape index (κ3) is 3.15. The van der Waals surface area contributed by atoms with Crippen LogP contribution in [0.5, 0.6) is 0 Å². The van der Waals surface area contributed by atoms with E-state index in [1.54, 1.807) is 10.9 Å². The lowest BCUT2D eigenvalue weighted by Crippen LogP contribution is -2.34. The fourth-order valence-corrected chi connectivity index (χ4v) is 3.03. The Kier molecular flexibility index (Phi) is 4.04. The number of nitrogens with zero attached hydrogens (tertiary/aromatic N) is 3. The number of amides is 1. The summed E-state index contributed by atoms with van der Waals surface area (Å²) in [6.07, 6.45) is 5.71. The minimum Gasteiger partial charge on any atom is -0.341 e. The van der Waals surface area contributed by atoms with E-state index in [9.17, 15) is 4.79 Å². The summed E-state index contributed by atoms with van der Waals surface area (Å²) in [4.78, 5) is 14.5. The third-order valence-corrected chi connectivity index (χ3v) is 4.24. The first-order chi connectivity index (χ1) is 10.2. The molecular weight excluding hydrogens is 262 g/mol. The van der Waals surface area contributed by atoms with Crippen LogP contribution in [0, 0.1) is 5.92 Å². The predicted molar refractivity (Wildman–Crippen MR) is 81.8 cm³/mol. The largest absolute Gasteiger partial charge is 0.341 e. The maximum atomic E-state index is 12.5. The van der Waals surface area contributed by atoms with Crippen molar-refractivity contribution in [1.29, 1.82) is 0 Å². The summed E-state index contributed by atoms with van der Waals surface area (Å²) in [6.45, 7) is 3.64. The molecule has 1 amide bonds. The number of rotatable bonds is 4. The van der Waals surface area contributed by atoms with Crippen molar-refractivity contribution in [2.45, 2.75) is 25.8 Å². The molecular formula is C17H21N3O. The van der Waals surface area contributed by atoms with E-state index in [4.69, 9.17) is 0 Å². The minimum atomic E-state index is -0.213. The van der Waals surface area contributed by atoms with Crippen LogP contribution in [0.1, 0.15) is 24.9 Å². The molecule has 1 saturated heterocycles. The van der Waals surface area contributed by atoms with Gasteiger partial charge in [-0.15, -0.1) is 0 Å². The lowest BCUT2D eigenvalue weighted by atomic mass is 9.99. The molecule has 2 atom stereocenters. The Bertz CT molecular complexity index is 579. The zero-order valence-electron chi connectivity index (χ0n) is 12.4. The molecule has 110 valence electrons. The molecule has 0 N–H and O–H groups in total. The van der Waals surface area contributed by atoms with Crippen LogP contribution in [-0.4, -0.2) is 33.7 Å². The minimum absolute atomic E-state index is 0.175. The SMILES string of the molecule is C[C@H](C(=O)N1CC[C@H](Cc2ccccc2)C1)n1cccn1. The Morgan fingerprint density at radius 2 is 2.14 bits per heavy atom. The second kappa shape index (κ2) is 6.12. The van der Waals surface area contributed by atoms with Crippen LogP contribution in [-0.2, 0) is 11.2 Å². The number of carbonyl (C=O) groups excluding carboxylic acids is 1. The van der Waals surface area contributed by atoms with Gasteiger partial charge in [0.15, 0.2) is 0 Å². The van der Waals surface area contributed by atoms with E-state index in [1.165, 1.54) is 5.56 Å². The van der Waals surface area contributed by atoms with Crippen LogP contribution in [0.25, 0.3) is 0 Å². The zero-order valence-corrected chi connectivity index (χ0v) is 12.4. The van der Waals surface area contributed by atoms with Gasteiger partial charge in [-0.2, -0.15) is 5.10 Å². The number of likely N-dealkylation sites (tertiary alicyclic amines) is 1. The van der Waals surface area contributed by atoms with Gasteiger partial charge in [0.05, 0.1) is 0 Å². The van der Waals surface area contributed by atoms with Crippen molar-refractivity contribution in [3.8, 4) is 0 Å². The van der Waals surface area contributed by atoms with Gasteiger partial charge in [-0.1, -0.05) is 30.3 Å². The summed E-state index contributed by atoms with van der Waals surface area (Å²) in [5.41, 5.74) is 1.36. The van der Waals surface area contributed by atoms with Crippen LogP contribution < -0.4 is 0 Å². The van der Waals surface area contributed by atoms with E-state index in [2.05, 4.69) is 29.4 Å². The predicted octanol–water partition coefficient (Wildman–Crippen LogP) is 2.54. The van der Waals surface area contributed by atoms with Gasteiger partial charge in [-0.05, 0) is 37.3 Å². The zero-order chi connectivity index (χ0) is 14.7. The average Bonchev–Trinajstić information content (AvgIpc) is 3.18. The normalized spacial score (nSPS) is 19.7. The van der Waals surface area contributed by atoms with Gasteiger partial charge in [0.25, 0.3) is 0 Å². The van der Waals surface area contributed by atoms with Crippen molar-refractivity contribution in [1.82, 2.24) is 14.7 Å². The van der Waals surface area contributed by atoms with Gasteiger partial charge in [-0.3, -0.25) is 9.48 Å². The molecule has 3 rings (SSSR count). The molecule has 0 bridgehead atoms. The number of hydrogen-bond donors (Lipinski definition) is 0. The first-order valence-corrected chi connectivity index (χ1v) is 7.56. The van der Waals surface area contributed by atoms with Gasteiger partial charge >= 0.3 is 0 Å². The quantitative estimate of drug-likeness (QED) is 0.865. The lowest BCUT2D eigenvalue weighted by molar-refractivity contribution is -0.133. The van der Waals surface area contributed by atoms with Crippen molar-refractivity contribution < 1.29 is 4.79 Å². The van der Waals surface area contributed by atoms with Crippen molar-refractivity contribution in [3.05, 3.63) is 54.4 Å². The van der Waals surface area contributed by atoms with E-state index in [0.717, 1.165) is 25.9 Å². The smallest absolute Gasteiger partial charge is 0.247 e. The van der Waals surface area contributed by atoms with Crippen LogP contribution in [0.3, 0.4) is 0 Å². The van der Waals surface area contributed by atoms with Crippen molar-refractivity contribution >= 4 is 5.91 Å². The molecule has 2 heterocycles. The number of benzene rings is 1. The summed E-state index contributed by atoms with van der Waals surface area (Å²) >= 11 is 0. The highest BCUT2D eigenvalue weighted by Crippen LogP contribution is 2.23. The summed E-state index contributed by atoms with van der Waals surface area (Å²) < 4.78 is 1.73. The molecule has 1 aliphatic heterocycles. The first-order valence-electron chi connectivity index (χ1n) is 7.56. The Labute approximate surface area is 125 Å². The van der Waals surface area contributed by atoms with Crippen LogP contribution in [0.15, 0.2) is 48.8 Å². The molecule has 0 radical (unpaired) electrons. The second-order valence-corrected chi connectivity index (χ2v) is 5.79. The molecule has 1 aromatic carbocycles. The van der Waals surface area contributed by atoms with Gasteiger partial charge < -0.3 is 4.90 Å². The molecule has 21 heavy (non-hydrogen) atoms. The highest BCUT2D eigenvalue weighted by molar-refractivity contribution is 5.80. The fourth-order valence-electron chi connectivity index (χ4n) is 3.03. The number of hydrogen-bond acceptors (Lipinski definition) is 2. The molecule has 1 aromatic heterocycles. The highest BCUT2D eigenvalue weighted by Gasteiger charge is 2.29. The van der Waals surface area contributed by atoms with Crippen LogP contribution >= 0.6 is 0 Å². The maximum Gasteiger partial charge on any atom is 0.247 e. The maximum absolute atomic E-state index is 12.5. The van der Waals surface area contributed by atoms with Crippen molar-refractivity contribution in [2.75, 3.05) is 13.1 Å². The Balaban J connectivity index is 1.58. The first kappa shape index (κ1) is 13.9. The van der Waals surface area contributed by atoms with E-state index in [1.807, 2.05) is 30.2 Å². The molecule has 1 aliphatic rings. The van der Waals surface area contributed by atoms with Gasteiger partial charge in [0, 0.05) is 25.5 Å². The number of aromatic nitrogens is 2. The second-order valence-electron chi connectivity index (χ2n) is 5.79. The van der Waals surface area contributed by atoms with E-state index < -0.39 is 0 Å². The molecule has 0 spiro atoms. The topological polar surface area (TPSA) is 38.1 Å². The fraction of sp³-hybridized carbons (Fsp3) is 0.412. The number of carbonyl (C=O) groups is 1. The molecule has 2 aromatic rings. The van der Waals surface area contributed by atoms with E-state index >= 15 is 0 Å². The Morgan fingerprint density at radius 3 is 2.86 bits per heavy atom. The summed E-state index contributed by atoms with van der Waals surface area (Å²) in [5, 5.41) is 4.16. The molecule has 1 fully saturated rings. The van der Waals surface area contributed by atoms with E-state index in [-0.39, 0.29) is 11.9 Å². The van der Waals surface area contributed by atoms with Gasteiger partial charge in [0.2, 0.25) is 5.91 Å².